The molecule has 4 bridgehead atoms. The lowest BCUT2D eigenvalue weighted by Crippen LogP contribution is -2.57. The standard InChI is InChI=1S/C57H57NO/c1-54(2)24-25-55(3,4)50-32-38(18-22-47(50)54)37-12-11-13-41(31-37)58(42-19-21-45-44-14-7-8-15-46(44)56(5,6)49(45)33-42)43-20-23-53-51(34-43)57(48-16-9-10-17-52(48)59-53)39-27-35-26-36(29-39)30-40(57)28-35/h7-23,31-36,39-40H,24-30H2,1-6H3. The van der Waals surface area contributed by atoms with E-state index in [0.29, 0.717) is 11.8 Å². The van der Waals surface area contributed by atoms with Gasteiger partial charge in [0.05, 0.1) is 0 Å². The van der Waals surface area contributed by atoms with Crippen LogP contribution in [0.1, 0.15) is 120 Å². The Balaban J connectivity index is 1.05. The summed E-state index contributed by atoms with van der Waals surface area (Å²) in [5, 5.41) is 0. The molecule has 0 N–H and O–H groups in total. The highest BCUT2D eigenvalue weighted by Gasteiger charge is 2.61. The number of ether oxygens (including phenoxy) is 1. The maximum atomic E-state index is 6.91. The van der Waals surface area contributed by atoms with E-state index in [-0.39, 0.29) is 21.7 Å². The van der Waals surface area contributed by atoms with Crippen LogP contribution in [0.4, 0.5) is 17.1 Å². The number of rotatable bonds is 4. The van der Waals surface area contributed by atoms with Crippen molar-refractivity contribution in [3.8, 4) is 33.8 Å². The quantitative estimate of drug-likeness (QED) is 0.177. The van der Waals surface area contributed by atoms with Crippen LogP contribution in [0.25, 0.3) is 22.3 Å². The summed E-state index contributed by atoms with van der Waals surface area (Å²) in [7, 11) is 0. The molecular weight excluding hydrogens is 715 g/mol. The number of nitrogens with zero attached hydrogens (tertiary/aromatic N) is 1. The summed E-state index contributed by atoms with van der Waals surface area (Å²) in [5.74, 6) is 5.17. The van der Waals surface area contributed by atoms with Crippen LogP contribution in [0, 0.1) is 23.7 Å². The molecule has 6 aliphatic carbocycles. The molecule has 6 aromatic rings. The number of fused-ring (bicyclic) bond motifs is 6. The van der Waals surface area contributed by atoms with Gasteiger partial charge in [-0.2, -0.15) is 0 Å². The van der Waals surface area contributed by atoms with Crippen molar-refractivity contribution in [2.24, 2.45) is 23.7 Å². The van der Waals surface area contributed by atoms with Crippen molar-refractivity contribution in [2.45, 2.75) is 108 Å². The van der Waals surface area contributed by atoms with Gasteiger partial charge in [0, 0.05) is 39.0 Å². The van der Waals surface area contributed by atoms with Gasteiger partial charge in [-0.3, -0.25) is 0 Å². The number of benzene rings is 6. The van der Waals surface area contributed by atoms with Crippen molar-refractivity contribution < 1.29 is 4.74 Å². The van der Waals surface area contributed by atoms with Gasteiger partial charge >= 0.3 is 0 Å². The second-order valence-corrected chi connectivity index (χ2v) is 21.3. The molecule has 4 fully saturated rings. The summed E-state index contributed by atoms with van der Waals surface area (Å²) >= 11 is 0. The molecule has 7 aliphatic rings. The molecule has 13 rings (SSSR count). The monoisotopic (exact) mass is 771 g/mol. The molecule has 59 heavy (non-hydrogen) atoms. The minimum atomic E-state index is -0.100. The van der Waals surface area contributed by atoms with Crippen molar-refractivity contribution in [1.82, 2.24) is 0 Å². The van der Waals surface area contributed by atoms with E-state index in [4.69, 9.17) is 4.74 Å². The highest BCUT2D eigenvalue weighted by molar-refractivity contribution is 5.87. The van der Waals surface area contributed by atoms with E-state index in [1.54, 1.807) is 0 Å². The molecule has 1 aliphatic heterocycles. The molecule has 0 atom stereocenters. The molecule has 0 amide bonds. The van der Waals surface area contributed by atoms with Crippen molar-refractivity contribution in [3.05, 3.63) is 161 Å². The lowest BCUT2D eigenvalue weighted by molar-refractivity contribution is -0.0452. The number of hydrogen-bond acceptors (Lipinski definition) is 2. The van der Waals surface area contributed by atoms with E-state index >= 15 is 0 Å². The summed E-state index contributed by atoms with van der Waals surface area (Å²) in [4.78, 5) is 2.55. The van der Waals surface area contributed by atoms with Gasteiger partial charge in [0.1, 0.15) is 11.5 Å². The molecule has 0 radical (unpaired) electrons. The van der Waals surface area contributed by atoms with Crippen LogP contribution in [0.2, 0.25) is 0 Å². The first-order chi connectivity index (χ1) is 28.4. The highest BCUT2D eigenvalue weighted by Crippen LogP contribution is 2.69. The van der Waals surface area contributed by atoms with Gasteiger partial charge in [-0.25, -0.2) is 0 Å². The Labute approximate surface area is 351 Å². The number of anilines is 3. The van der Waals surface area contributed by atoms with Gasteiger partial charge in [0.2, 0.25) is 0 Å². The molecule has 1 heterocycles. The predicted molar refractivity (Wildman–Crippen MR) is 244 cm³/mol. The molecule has 6 aromatic carbocycles. The van der Waals surface area contributed by atoms with E-state index in [1.165, 1.54) is 118 Å². The van der Waals surface area contributed by atoms with Gasteiger partial charge in [-0.05, 0) is 172 Å². The topological polar surface area (TPSA) is 12.5 Å². The molecule has 2 heteroatoms. The lowest BCUT2D eigenvalue weighted by atomic mass is 9.42. The van der Waals surface area contributed by atoms with Crippen LogP contribution in [0.5, 0.6) is 11.5 Å². The SMILES string of the molecule is CC1(C)CCC(C)(C)c2cc(-c3cccc(N(c4ccc5c(c4)C(C)(C)c4ccccc4-5)c4ccc5c(c4)C4(c6ccccc6O5)C5CC6CC(C5)CC4C6)c3)ccc21. The summed E-state index contributed by atoms with van der Waals surface area (Å²) < 4.78 is 6.91. The van der Waals surface area contributed by atoms with E-state index < -0.39 is 0 Å². The fourth-order valence-electron chi connectivity index (χ4n) is 13.9. The average molecular weight is 772 g/mol. The van der Waals surface area contributed by atoms with E-state index in [0.717, 1.165) is 23.3 Å². The summed E-state index contributed by atoms with van der Waals surface area (Å²) in [5.41, 5.74) is 17.7. The van der Waals surface area contributed by atoms with Crippen LogP contribution in [0.15, 0.2) is 127 Å². The third kappa shape index (κ3) is 5.04. The predicted octanol–water partition coefficient (Wildman–Crippen LogP) is 15.3. The Kier molecular flexibility index (Phi) is 7.44. The second kappa shape index (κ2) is 12.2. The maximum Gasteiger partial charge on any atom is 0.131 e. The van der Waals surface area contributed by atoms with Gasteiger partial charge in [-0.15, -0.1) is 0 Å². The summed E-state index contributed by atoms with van der Waals surface area (Å²) in [6.07, 6.45) is 9.23. The first-order valence-corrected chi connectivity index (χ1v) is 22.6. The fraction of sp³-hybridized carbons (Fsp3) is 0.368. The zero-order valence-corrected chi connectivity index (χ0v) is 35.7. The highest BCUT2D eigenvalue weighted by atomic mass is 16.5. The molecule has 0 aromatic heterocycles. The summed E-state index contributed by atoms with van der Waals surface area (Å²) in [6, 6.07) is 49.2. The smallest absolute Gasteiger partial charge is 0.131 e. The molecule has 0 saturated heterocycles. The van der Waals surface area contributed by atoms with E-state index in [2.05, 4.69) is 174 Å². The van der Waals surface area contributed by atoms with Crippen LogP contribution in [-0.2, 0) is 21.7 Å². The minimum Gasteiger partial charge on any atom is -0.457 e. The van der Waals surface area contributed by atoms with E-state index in [9.17, 15) is 0 Å². The van der Waals surface area contributed by atoms with Crippen LogP contribution in [0.3, 0.4) is 0 Å². The third-order valence-electron chi connectivity index (χ3n) is 16.8. The molecule has 296 valence electrons. The zero-order valence-electron chi connectivity index (χ0n) is 35.7. The third-order valence-corrected chi connectivity index (χ3v) is 16.8. The van der Waals surface area contributed by atoms with E-state index in [1.807, 2.05) is 0 Å². The Bertz CT molecular complexity index is 2680. The Morgan fingerprint density at radius 3 is 1.80 bits per heavy atom. The molecular formula is C57H57NO. The molecule has 4 saturated carbocycles. The fourth-order valence-corrected chi connectivity index (χ4v) is 13.9. The molecule has 2 nitrogen and oxygen atoms in total. The summed E-state index contributed by atoms with van der Waals surface area (Å²) in [6.45, 7) is 14.5. The Morgan fingerprint density at radius 1 is 0.441 bits per heavy atom. The molecule has 0 unspecified atom stereocenters. The van der Waals surface area contributed by atoms with Crippen molar-refractivity contribution in [1.29, 1.82) is 0 Å². The van der Waals surface area contributed by atoms with Gasteiger partial charge < -0.3 is 9.64 Å². The van der Waals surface area contributed by atoms with Crippen LogP contribution < -0.4 is 9.64 Å². The second-order valence-electron chi connectivity index (χ2n) is 21.3. The normalized spacial score (nSPS) is 26.6. The largest absolute Gasteiger partial charge is 0.457 e. The first kappa shape index (κ1) is 35.8. The first-order valence-electron chi connectivity index (χ1n) is 22.6. The van der Waals surface area contributed by atoms with Crippen LogP contribution >= 0.6 is 0 Å². The number of hydrogen-bond donors (Lipinski definition) is 0. The minimum absolute atomic E-state index is 0.0214. The van der Waals surface area contributed by atoms with Crippen molar-refractivity contribution in [3.63, 3.8) is 0 Å². The van der Waals surface area contributed by atoms with Crippen molar-refractivity contribution in [2.75, 3.05) is 4.90 Å². The van der Waals surface area contributed by atoms with Gasteiger partial charge in [-0.1, -0.05) is 120 Å². The lowest BCUT2D eigenvalue weighted by Gasteiger charge is -2.63. The Morgan fingerprint density at radius 2 is 1.03 bits per heavy atom. The van der Waals surface area contributed by atoms with Crippen molar-refractivity contribution >= 4 is 17.1 Å². The Hall–Kier alpha value is -5.08. The van der Waals surface area contributed by atoms with Crippen LogP contribution in [-0.4, -0.2) is 0 Å². The zero-order chi connectivity index (χ0) is 40.1. The van der Waals surface area contributed by atoms with Gasteiger partial charge in [0.25, 0.3) is 0 Å². The average Bonchev–Trinajstić information content (AvgIpc) is 3.46. The van der Waals surface area contributed by atoms with Gasteiger partial charge in [0.15, 0.2) is 0 Å². The maximum absolute atomic E-state index is 6.91. The molecule has 1 spiro atoms. The number of para-hydroxylation sites is 1.